The van der Waals surface area contributed by atoms with Crippen molar-refractivity contribution in [1.82, 2.24) is 10.8 Å². The number of carbonyl (C=O) groups excluding carboxylic acids is 1. The maximum Gasteiger partial charge on any atom is 0.238 e. The summed E-state index contributed by atoms with van der Waals surface area (Å²) in [5, 5.41) is 3.05. The molecule has 1 amide bonds. The number of nitrogens with two attached hydrogens (primary N) is 1. The van der Waals surface area contributed by atoms with Gasteiger partial charge in [-0.1, -0.05) is 42.0 Å². The Morgan fingerprint density at radius 3 is 2.84 bits per heavy atom. The van der Waals surface area contributed by atoms with Crippen molar-refractivity contribution < 1.29 is 9.63 Å². The molecular weight excluding hydrogens is 242 g/mol. The highest BCUT2D eigenvalue weighted by molar-refractivity contribution is 5.82. The van der Waals surface area contributed by atoms with Gasteiger partial charge in [0.15, 0.2) is 0 Å². The third kappa shape index (κ3) is 3.89. The van der Waals surface area contributed by atoms with Gasteiger partial charge in [-0.05, 0) is 12.5 Å². The Balaban J connectivity index is 1.81. The third-order valence-corrected chi connectivity index (χ3v) is 3.13. The first kappa shape index (κ1) is 13.7. The largest absolute Gasteiger partial charge is 0.368 e. The van der Waals surface area contributed by atoms with Crippen LogP contribution in [0.15, 0.2) is 42.0 Å². The zero-order valence-corrected chi connectivity index (χ0v) is 10.9. The van der Waals surface area contributed by atoms with Gasteiger partial charge in [0.25, 0.3) is 0 Å². The molecule has 1 aliphatic rings. The summed E-state index contributed by atoms with van der Waals surface area (Å²) in [6.07, 6.45) is 1.83. The van der Waals surface area contributed by atoms with Crippen molar-refractivity contribution in [2.75, 3.05) is 6.54 Å². The number of primary amides is 1. The molecule has 0 saturated carbocycles. The Bertz CT molecular complexity index is 459. The number of rotatable bonds is 5. The van der Waals surface area contributed by atoms with Crippen LogP contribution in [0.1, 0.15) is 12.5 Å². The van der Waals surface area contributed by atoms with Gasteiger partial charge in [-0.25, -0.2) is 0 Å². The molecule has 0 aliphatic carbocycles. The fourth-order valence-corrected chi connectivity index (χ4v) is 1.96. The van der Waals surface area contributed by atoms with Crippen molar-refractivity contribution in [3.8, 4) is 0 Å². The van der Waals surface area contributed by atoms with Crippen LogP contribution in [0, 0.1) is 0 Å². The van der Waals surface area contributed by atoms with E-state index < -0.39 is 0 Å². The van der Waals surface area contributed by atoms with E-state index in [-0.39, 0.29) is 18.0 Å². The Morgan fingerprint density at radius 2 is 2.21 bits per heavy atom. The summed E-state index contributed by atoms with van der Waals surface area (Å²) in [6, 6.07) is 9.61. The first-order valence-corrected chi connectivity index (χ1v) is 6.29. The molecule has 2 rings (SSSR count). The van der Waals surface area contributed by atoms with Crippen molar-refractivity contribution in [3.63, 3.8) is 0 Å². The fraction of sp³-hybridized carbons (Fsp3) is 0.357. The van der Waals surface area contributed by atoms with Gasteiger partial charge in [-0.3, -0.25) is 9.63 Å². The highest BCUT2D eigenvalue weighted by atomic mass is 16.6. The van der Waals surface area contributed by atoms with Crippen molar-refractivity contribution in [2.24, 2.45) is 5.73 Å². The molecule has 1 aliphatic heterocycles. The van der Waals surface area contributed by atoms with Gasteiger partial charge in [0.1, 0.15) is 6.04 Å². The smallest absolute Gasteiger partial charge is 0.238 e. The van der Waals surface area contributed by atoms with Crippen LogP contribution in [0.2, 0.25) is 0 Å². The van der Waals surface area contributed by atoms with E-state index in [4.69, 9.17) is 10.6 Å². The lowest BCUT2D eigenvalue weighted by molar-refractivity contribution is -0.119. The second kappa shape index (κ2) is 6.47. The summed E-state index contributed by atoms with van der Waals surface area (Å²) in [7, 11) is 0. The van der Waals surface area contributed by atoms with Crippen LogP contribution in [-0.4, -0.2) is 24.5 Å². The highest BCUT2D eigenvalue weighted by Gasteiger charge is 2.22. The molecule has 5 nitrogen and oxygen atoms in total. The Morgan fingerprint density at radius 1 is 1.47 bits per heavy atom. The maximum absolute atomic E-state index is 11.1. The minimum absolute atomic E-state index is 0.0549. The summed E-state index contributed by atoms with van der Waals surface area (Å²) in [4.78, 5) is 16.5. The lowest BCUT2D eigenvalue weighted by atomic mass is 10.0. The van der Waals surface area contributed by atoms with Crippen LogP contribution >= 0.6 is 0 Å². The second-order valence-corrected chi connectivity index (χ2v) is 4.64. The van der Waals surface area contributed by atoms with Gasteiger partial charge < -0.3 is 11.1 Å². The van der Waals surface area contributed by atoms with Gasteiger partial charge in [-0.15, -0.1) is 0 Å². The molecule has 19 heavy (non-hydrogen) atoms. The van der Waals surface area contributed by atoms with E-state index in [2.05, 4.69) is 10.8 Å². The Kier molecular flexibility index (Phi) is 4.68. The predicted molar refractivity (Wildman–Crippen MR) is 72.9 cm³/mol. The summed E-state index contributed by atoms with van der Waals surface area (Å²) in [5.41, 5.74) is 10.4. The molecule has 0 saturated heterocycles. The van der Waals surface area contributed by atoms with E-state index in [9.17, 15) is 4.79 Å². The molecule has 1 heterocycles. The zero-order chi connectivity index (χ0) is 13.7. The molecule has 0 radical (unpaired) electrons. The van der Waals surface area contributed by atoms with E-state index in [0.29, 0.717) is 13.2 Å². The third-order valence-electron chi connectivity index (χ3n) is 3.13. The standard InChI is InChI=1S/C14H19N3O2/c1-10-7-12(14(15)18)16-8-13(10)17-19-9-11-5-3-2-4-6-11/h2-7,12-13,16-17H,8-9H2,1H3,(H2,15,18)/t12-,13-/m0/s1. The van der Waals surface area contributed by atoms with Crippen LogP contribution in [-0.2, 0) is 16.2 Å². The quantitative estimate of drug-likeness (QED) is 0.532. The van der Waals surface area contributed by atoms with Crippen LogP contribution in [0.25, 0.3) is 0 Å². The number of hydroxylamine groups is 1. The average Bonchev–Trinajstić information content (AvgIpc) is 2.41. The number of hydrogen-bond donors (Lipinski definition) is 3. The van der Waals surface area contributed by atoms with Gasteiger partial charge in [0, 0.05) is 6.54 Å². The van der Waals surface area contributed by atoms with E-state index in [0.717, 1.165) is 11.1 Å². The van der Waals surface area contributed by atoms with Crippen molar-refractivity contribution >= 4 is 5.91 Å². The Hall–Kier alpha value is -1.69. The molecule has 2 atom stereocenters. The first-order chi connectivity index (χ1) is 9.16. The van der Waals surface area contributed by atoms with Crippen molar-refractivity contribution in [3.05, 3.63) is 47.5 Å². The summed E-state index contributed by atoms with van der Waals surface area (Å²) in [5.74, 6) is -0.358. The van der Waals surface area contributed by atoms with Gasteiger partial charge in [0.2, 0.25) is 5.91 Å². The predicted octanol–water partition coefficient (Wildman–Crippen LogP) is 0.480. The van der Waals surface area contributed by atoms with Gasteiger partial charge in [0.05, 0.1) is 12.6 Å². The molecule has 0 bridgehead atoms. The van der Waals surface area contributed by atoms with Crippen molar-refractivity contribution in [2.45, 2.75) is 25.6 Å². The summed E-state index contributed by atoms with van der Waals surface area (Å²) in [6.45, 7) is 3.08. The molecule has 0 spiro atoms. The van der Waals surface area contributed by atoms with Crippen LogP contribution < -0.4 is 16.5 Å². The molecule has 102 valence electrons. The normalized spacial score (nSPS) is 22.9. The number of benzene rings is 1. The van der Waals surface area contributed by atoms with E-state index in [1.807, 2.05) is 43.3 Å². The second-order valence-electron chi connectivity index (χ2n) is 4.64. The monoisotopic (exact) mass is 261 g/mol. The molecular formula is C14H19N3O2. The SMILES string of the molecule is CC1=C[C@@H](C(N)=O)NC[C@@H]1NOCc1ccccc1. The highest BCUT2D eigenvalue weighted by Crippen LogP contribution is 2.09. The number of nitrogens with one attached hydrogen (secondary N) is 2. The summed E-state index contributed by atoms with van der Waals surface area (Å²) < 4.78 is 0. The average molecular weight is 261 g/mol. The zero-order valence-electron chi connectivity index (χ0n) is 10.9. The number of hydrogen-bond acceptors (Lipinski definition) is 4. The van der Waals surface area contributed by atoms with E-state index in [1.165, 1.54) is 0 Å². The van der Waals surface area contributed by atoms with E-state index >= 15 is 0 Å². The van der Waals surface area contributed by atoms with E-state index in [1.54, 1.807) is 0 Å². The first-order valence-electron chi connectivity index (χ1n) is 6.29. The van der Waals surface area contributed by atoms with Gasteiger partial charge in [-0.2, -0.15) is 5.48 Å². The van der Waals surface area contributed by atoms with Crippen LogP contribution in [0.5, 0.6) is 0 Å². The molecule has 1 aromatic carbocycles. The molecule has 0 fully saturated rings. The minimum atomic E-state index is -0.382. The fourth-order valence-electron chi connectivity index (χ4n) is 1.96. The lowest BCUT2D eigenvalue weighted by Gasteiger charge is -2.27. The topological polar surface area (TPSA) is 76.4 Å². The number of carbonyl (C=O) groups is 1. The molecule has 1 aromatic rings. The van der Waals surface area contributed by atoms with Crippen molar-refractivity contribution in [1.29, 1.82) is 0 Å². The summed E-state index contributed by atoms with van der Waals surface area (Å²) >= 11 is 0. The lowest BCUT2D eigenvalue weighted by Crippen LogP contribution is -2.51. The molecule has 4 N–H and O–H groups in total. The van der Waals surface area contributed by atoms with Crippen LogP contribution in [0.4, 0.5) is 0 Å². The number of amides is 1. The van der Waals surface area contributed by atoms with Crippen LogP contribution in [0.3, 0.4) is 0 Å². The molecule has 0 unspecified atom stereocenters. The van der Waals surface area contributed by atoms with Gasteiger partial charge >= 0.3 is 0 Å². The molecule has 0 aromatic heterocycles. The Labute approximate surface area is 112 Å². The minimum Gasteiger partial charge on any atom is -0.368 e. The maximum atomic E-state index is 11.1. The molecule has 5 heteroatoms.